The van der Waals surface area contributed by atoms with Crippen LogP contribution in [0.25, 0.3) is 0 Å². The maximum atomic E-state index is 8.44. The minimum absolute atomic E-state index is 0. The van der Waals surface area contributed by atoms with Gasteiger partial charge < -0.3 is 36.2 Å². The monoisotopic (exact) mass is 215 g/mol. The molecule has 0 saturated heterocycles. The molecule has 0 aliphatic heterocycles. The Morgan fingerprint density at radius 3 is 1.00 bits per heavy atom. The van der Waals surface area contributed by atoms with Gasteiger partial charge in [-0.05, 0) is 0 Å². The van der Waals surface area contributed by atoms with Gasteiger partial charge in [-0.25, -0.2) is 0 Å². The molecule has 0 spiro atoms. The standard InChI is InChI=1S/2CH2O3.Ca.ClH.H3N/c2*2-1(3)4;;;/h2*(H2,2,3,4);;1H;1H3/q;;+2;;/p-2. The Hall–Kier alpha value is 0.0497. The van der Waals surface area contributed by atoms with Crippen LogP contribution >= 0.6 is 12.4 Å². The van der Waals surface area contributed by atoms with Crippen LogP contribution in [0.4, 0.5) is 9.59 Å². The van der Waals surface area contributed by atoms with Gasteiger partial charge in [0.2, 0.25) is 12.3 Å². The maximum Gasteiger partial charge on any atom is 2.00 e. The summed E-state index contributed by atoms with van der Waals surface area (Å²) in [6.45, 7) is 0. The molecule has 0 aromatic rings. The Kier molecular flexibility index (Phi) is 62.3. The van der Waals surface area contributed by atoms with E-state index in [2.05, 4.69) is 0 Å². The molecule has 64 valence electrons. The molecular weight excluding hydrogens is 210 g/mol. The summed E-state index contributed by atoms with van der Waals surface area (Å²) in [5, 5.41) is 30.6. The Labute approximate surface area is 98.0 Å². The van der Waals surface area contributed by atoms with Gasteiger partial charge in [-0.2, -0.15) is 0 Å². The first-order valence-electron chi connectivity index (χ1n) is 1.26. The molecule has 0 aromatic carbocycles. The second-order valence-electron chi connectivity index (χ2n) is 0.532. The minimum Gasteiger partial charge on any atom is -0.565 e. The normalized spacial score (nSPS) is 4.36. The van der Waals surface area contributed by atoms with Crippen LogP contribution in [0.5, 0.6) is 0 Å². The van der Waals surface area contributed by atoms with E-state index in [0.29, 0.717) is 0 Å². The van der Waals surface area contributed by atoms with Crippen LogP contribution in [-0.2, 0) is 0 Å². The van der Waals surface area contributed by atoms with Crippen molar-refractivity contribution in [1.82, 2.24) is 6.15 Å². The van der Waals surface area contributed by atoms with Crippen molar-refractivity contribution in [1.29, 1.82) is 0 Å². The molecule has 0 saturated carbocycles. The predicted molar refractivity (Wildman–Crippen MR) is 34.1 cm³/mol. The smallest absolute Gasteiger partial charge is 0.565 e. The van der Waals surface area contributed by atoms with E-state index in [1.165, 1.54) is 0 Å². The van der Waals surface area contributed by atoms with Gasteiger partial charge >= 0.3 is 37.7 Å². The van der Waals surface area contributed by atoms with E-state index in [0.717, 1.165) is 0 Å². The first-order chi connectivity index (χ1) is 3.46. The van der Waals surface area contributed by atoms with E-state index in [1.54, 1.807) is 0 Å². The van der Waals surface area contributed by atoms with Gasteiger partial charge in [0.05, 0.1) is 0 Å². The third-order valence-electron chi connectivity index (χ3n) is 0. The molecule has 0 amide bonds. The van der Waals surface area contributed by atoms with Crippen LogP contribution in [0.3, 0.4) is 0 Å². The second kappa shape index (κ2) is 22.5. The molecule has 5 N–H and O–H groups in total. The van der Waals surface area contributed by atoms with Crippen LogP contribution in [0.1, 0.15) is 0 Å². The third kappa shape index (κ3) is 263000. The van der Waals surface area contributed by atoms with Crippen molar-refractivity contribution in [3.05, 3.63) is 0 Å². The molecule has 11 heavy (non-hydrogen) atoms. The number of carbonyl (C=O) groups is 2. The third-order valence-corrected chi connectivity index (χ3v) is 0. The zero-order chi connectivity index (χ0) is 7.15. The van der Waals surface area contributed by atoms with Crippen LogP contribution in [0.15, 0.2) is 0 Å². The molecular formula is C2H6CaClNO6. The Morgan fingerprint density at radius 1 is 1.00 bits per heavy atom. The van der Waals surface area contributed by atoms with Gasteiger partial charge in [-0.1, -0.05) is 0 Å². The van der Waals surface area contributed by atoms with E-state index in [-0.39, 0.29) is 56.3 Å². The first kappa shape index (κ1) is 30.5. The van der Waals surface area contributed by atoms with E-state index >= 15 is 0 Å². The van der Waals surface area contributed by atoms with Crippen molar-refractivity contribution in [3.8, 4) is 0 Å². The van der Waals surface area contributed by atoms with Gasteiger partial charge in [0.1, 0.15) is 0 Å². The largest absolute Gasteiger partial charge is 2.00 e. The van der Waals surface area contributed by atoms with Gasteiger partial charge in [0, 0.05) is 0 Å². The molecule has 0 aliphatic carbocycles. The van der Waals surface area contributed by atoms with Gasteiger partial charge in [-0.15, -0.1) is 12.4 Å². The van der Waals surface area contributed by atoms with Crippen molar-refractivity contribution < 1.29 is 30.0 Å². The van der Waals surface area contributed by atoms with E-state index in [4.69, 9.17) is 30.0 Å². The molecule has 0 radical (unpaired) electrons. The molecule has 0 bridgehead atoms. The molecule has 7 nitrogen and oxygen atoms in total. The van der Waals surface area contributed by atoms with Crippen molar-refractivity contribution in [3.63, 3.8) is 0 Å². The Balaban J connectivity index is -0.0000000171. The molecule has 0 unspecified atom stereocenters. The van der Waals surface area contributed by atoms with Crippen LogP contribution in [0, 0.1) is 0 Å². The summed E-state index contributed by atoms with van der Waals surface area (Å²) < 4.78 is 0. The van der Waals surface area contributed by atoms with Gasteiger partial charge in [-0.3, -0.25) is 0 Å². The number of halogens is 1. The fourth-order valence-corrected chi connectivity index (χ4v) is 0. The molecule has 0 atom stereocenters. The zero-order valence-electron chi connectivity index (χ0n) is 5.35. The zero-order valence-corrected chi connectivity index (χ0v) is 8.37. The number of hydrogen-bond acceptors (Lipinski definition) is 5. The quantitative estimate of drug-likeness (QED) is 0.394. The number of carboxylic acid groups (broad SMARTS) is 4. The fraction of sp³-hybridized carbons (Fsp3) is 0. The van der Waals surface area contributed by atoms with Crippen LogP contribution < -0.4 is 16.4 Å². The molecule has 0 fully saturated rings. The molecule has 0 aliphatic rings. The molecule has 0 heterocycles. The molecule has 9 heteroatoms. The summed E-state index contributed by atoms with van der Waals surface area (Å²) in [6, 6.07) is 0. The van der Waals surface area contributed by atoms with E-state index < -0.39 is 12.3 Å². The van der Waals surface area contributed by atoms with Gasteiger partial charge in [0.25, 0.3) is 0 Å². The average molecular weight is 216 g/mol. The summed E-state index contributed by atoms with van der Waals surface area (Å²) in [5.74, 6) is 0. The fourth-order valence-electron chi connectivity index (χ4n) is 0. The van der Waals surface area contributed by atoms with E-state index in [1.807, 2.05) is 0 Å². The van der Waals surface area contributed by atoms with Crippen molar-refractivity contribution in [2.75, 3.05) is 0 Å². The van der Waals surface area contributed by atoms with Crippen molar-refractivity contribution in [2.45, 2.75) is 0 Å². The summed E-state index contributed by atoms with van der Waals surface area (Å²) in [4.78, 5) is 16.9. The summed E-state index contributed by atoms with van der Waals surface area (Å²) in [6.07, 6.45) is -4.17. The summed E-state index contributed by atoms with van der Waals surface area (Å²) >= 11 is 0. The minimum atomic E-state index is -2.08. The van der Waals surface area contributed by atoms with Crippen LogP contribution in [0.2, 0.25) is 0 Å². The van der Waals surface area contributed by atoms with Crippen molar-refractivity contribution in [2.24, 2.45) is 0 Å². The summed E-state index contributed by atoms with van der Waals surface area (Å²) in [5.41, 5.74) is 0. The van der Waals surface area contributed by atoms with E-state index in [9.17, 15) is 0 Å². The number of hydrogen-bond donors (Lipinski definition) is 3. The van der Waals surface area contributed by atoms with Crippen LogP contribution in [-0.4, -0.2) is 60.3 Å². The SMILES string of the molecule is Cl.N.O=C([O-])O.O=C([O-])O.[Ca+2]. The maximum absolute atomic E-state index is 8.44. The summed E-state index contributed by atoms with van der Waals surface area (Å²) in [7, 11) is 0. The van der Waals surface area contributed by atoms with Gasteiger partial charge in [0.15, 0.2) is 0 Å². The Bertz CT molecular complexity index is 78.6. The first-order valence-corrected chi connectivity index (χ1v) is 1.26. The van der Waals surface area contributed by atoms with Crippen molar-refractivity contribution >= 4 is 62.5 Å². The molecule has 0 rings (SSSR count). The predicted octanol–water partition coefficient (Wildman–Crippen LogP) is -2.02. The average Bonchev–Trinajstić information content (AvgIpc) is 1.25. The number of rotatable bonds is 0. The molecule has 0 aromatic heterocycles. The Morgan fingerprint density at radius 2 is 1.00 bits per heavy atom. The topological polar surface area (TPSA) is 156 Å². The second-order valence-corrected chi connectivity index (χ2v) is 0.532.